The summed E-state index contributed by atoms with van der Waals surface area (Å²) in [6, 6.07) is 14.8. The summed E-state index contributed by atoms with van der Waals surface area (Å²) < 4.78 is 18.5. The average molecular weight is 653 g/mol. The molecule has 0 radical (unpaired) electrons. The van der Waals surface area contributed by atoms with Gasteiger partial charge in [-0.15, -0.1) is 10.2 Å². The Balaban J connectivity index is 1.50. The van der Waals surface area contributed by atoms with Crippen molar-refractivity contribution in [2.45, 2.75) is 84.3 Å². The van der Waals surface area contributed by atoms with Crippen molar-refractivity contribution in [1.29, 1.82) is 5.26 Å². The Kier molecular flexibility index (Phi) is 10.2. The number of nitrogens with zero attached hydrogens (tertiary/aromatic N) is 5. The van der Waals surface area contributed by atoms with Gasteiger partial charge in [-0.25, -0.2) is 4.79 Å². The number of halogens is 1. The van der Waals surface area contributed by atoms with E-state index < -0.39 is 20.0 Å². The number of amides is 1. The van der Waals surface area contributed by atoms with E-state index in [4.69, 9.17) is 25.2 Å². The fourth-order valence-electron chi connectivity index (χ4n) is 4.73. The van der Waals surface area contributed by atoms with Crippen molar-refractivity contribution in [3.05, 3.63) is 58.9 Å². The van der Waals surface area contributed by atoms with Crippen LogP contribution in [0.4, 0.5) is 16.2 Å². The Labute approximate surface area is 272 Å². The lowest BCUT2D eigenvalue weighted by Gasteiger charge is -2.40. The van der Waals surface area contributed by atoms with Crippen molar-refractivity contribution < 1.29 is 18.4 Å². The number of ether oxygens (including phenoxy) is 1. The van der Waals surface area contributed by atoms with E-state index in [0.717, 1.165) is 11.3 Å². The van der Waals surface area contributed by atoms with E-state index in [0.29, 0.717) is 54.2 Å². The molecule has 1 aliphatic heterocycles. The van der Waals surface area contributed by atoms with Crippen LogP contribution in [-0.2, 0) is 9.16 Å². The topological polar surface area (TPSA) is 117 Å². The van der Waals surface area contributed by atoms with Gasteiger partial charge in [-0.05, 0) is 88.3 Å². The van der Waals surface area contributed by atoms with E-state index in [9.17, 15) is 10.1 Å². The smallest absolute Gasteiger partial charge is 0.410 e. The fourth-order valence-corrected chi connectivity index (χ4v) is 6.37. The van der Waals surface area contributed by atoms with Crippen LogP contribution < -0.4 is 10.2 Å². The molecule has 1 aliphatic rings. The van der Waals surface area contributed by atoms with Crippen molar-refractivity contribution >= 4 is 37.4 Å². The highest BCUT2D eigenvalue weighted by Crippen LogP contribution is 2.39. The Morgan fingerprint density at radius 3 is 2.24 bits per heavy atom. The van der Waals surface area contributed by atoms with E-state index >= 15 is 0 Å². The monoisotopic (exact) mass is 652 g/mol. The molecule has 1 saturated heterocycles. The highest BCUT2D eigenvalue weighted by Gasteiger charge is 2.41. The molecule has 242 valence electrons. The van der Waals surface area contributed by atoms with E-state index in [1.807, 2.05) is 52.0 Å². The van der Waals surface area contributed by atoms with Crippen LogP contribution in [0, 0.1) is 11.3 Å². The van der Waals surface area contributed by atoms with Crippen LogP contribution >= 0.6 is 11.6 Å². The maximum absolute atomic E-state index is 12.4. The first-order valence-electron chi connectivity index (χ1n) is 15.3. The molecule has 2 atom stereocenters. The highest BCUT2D eigenvalue weighted by atomic mass is 35.5. The number of piperazine rings is 1. The number of carbonyl (C=O) groups is 1. The van der Waals surface area contributed by atoms with Crippen LogP contribution in [-0.4, -0.2) is 67.4 Å². The Morgan fingerprint density at radius 1 is 1.04 bits per heavy atom. The molecule has 2 heterocycles. The zero-order valence-corrected chi connectivity index (χ0v) is 29.5. The van der Waals surface area contributed by atoms with Crippen LogP contribution in [0.25, 0.3) is 11.5 Å². The first kappa shape index (κ1) is 34.3. The summed E-state index contributed by atoms with van der Waals surface area (Å²) in [7, 11) is -2.14. The SMILES string of the molecule is C[C@H](O[Si](C)(C)C(C)(C)C)[C@@H](Nc1ccc(C#N)c(Cl)c1)c1nnc(-c2ccc(N3CCN(C(=O)OC(C)(C)C)CC3)cc2)o1. The third-order valence-corrected chi connectivity index (χ3v) is 13.2. The van der Waals surface area contributed by atoms with E-state index in [1.54, 1.807) is 23.1 Å². The predicted molar refractivity (Wildman–Crippen MR) is 180 cm³/mol. The maximum atomic E-state index is 12.4. The van der Waals surface area contributed by atoms with Crippen molar-refractivity contribution in [1.82, 2.24) is 15.1 Å². The van der Waals surface area contributed by atoms with Gasteiger partial charge in [-0.3, -0.25) is 0 Å². The van der Waals surface area contributed by atoms with Crippen molar-refractivity contribution in [2.24, 2.45) is 0 Å². The minimum Gasteiger partial charge on any atom is -0.444 e. The van der Waals surface area contributed by atoms with Gasteiger partial charge in [0, 0.05) is 43.1 Å². The molecule has 12 heteroatoms. The number of carbonyl (C=O) groups excluding carboxylic acids is 1. The zero-order valence-electron chi connectivity index (χ0n) is 27.8. The summed E-state index contributed by atoms with van der Waals surface area (Å²) in [5, 5.41) is 21.9. The molecule has 4 rings (SSSR count). The second kappa shape index (κ2) is 13.4. The van der Waals surface area contributed by atoms with E-state index in [2.05, 4.69) is 60.3 Å². The van der Waals surface area contributed by atoms with Crippen molar-refractivity contribution in [2.75, 3.05) is 36.4 Å². The molecule has 1 N–H and O–H groups in total. The molecule has 0 unspecified atom stereocenters. The summed E-state index contributed by atoms with van der Waals surface area (Å²) in [5.74, 6) is 0.787. The van der Waals surface area contributed by atoms with Gasteiger partial charge in [0.1, 0.15) is 17.7 Å². The fraction of sp³-hybridized carbons (Fsp3) is 0.515. The van der Waals surface area contributed by atoms with Crippen LogP contribution in [0.2, 0.25) is 23.2 Å². The molecule has 0 spiro atoms. The normalized spacial score (nSPS) is 15.8. The summed E-state index contributed by atoms with van der Waals surface area (Å²) in [4.78, 5) is 16.4. The Hall–Kier alpha value is -3.59. The average Bonchev–Trinajstić information content (AvgIpc) is 3.44. The van der Waals surface area contributed by atoms with Crippen molar-refractivity contribution in [3.63, 3.8) is 0 Å². The largest absolute Gasteiger partial charge is 0.444 e. The van der Waals surface area contributed by atoms with Gasteiger partial charge in [-0.2, -0.15) is 5.26 Å². The minimum atomic E-state index is -2.14. The standard InChI is InChI=1S/C33H45ClN6O4Si/c1-22(44-45(8,9)33(5,6)7)28(36-25-13-10-24(21-35)27(34)20-25)30-38-37-29(42-30)23-11-14-26(15-12-23)39-16-18-40(19-17-39)31(41)43-32(2,3)4/h10-15,20,22,28,36H,16-19H2,1-9H3/t22-,28+/m0/s1. The van der Waals surface area contributed by atoms with Gasteiger partial charge < -0.3 is 28.7 Å². The number of hydrogen-bond donors (Lipinski definition) is 1. The molecule has 1 aromatic heterocycles. The molecular formula is C33H45ClN6O4Si. The number of rotatable bonds is 8. The third-order valence-electron chi connectivity index (χ3n) is 8.29. The lowest BCUT2D eigenvalue weighted by atomic mass is 10.1. The summed E-state index contributed by atoms with van der Waals surface area (Å²) in [6.07, 6.45) is -0.584. The first-order valence-corrected chi connectivity index (χ1v) is 18.6. The van der Waals surface area contributed by atoms with E-state index in [1.165, 1.54) is 0 Å². The van der Waals surface area contributed by atoms with Crippen molar-refractivity contribution in [3.8, 4) is 17.5 Å². The number of anilines is 2. The van der Waals surface area contributed by atoms with Gasteiger partial charge in [-0.1, -0.05) is 32.4 Å². The third kappa shape index (κ3) is 8.57. The lowest BCUT2D eigenvalue weighted by Crippen LogP contribution is -2.50. The van der Waals surface area contributed by atoms with E-state index in [-0.39, 0.29) is 17.2 Å². The molecule has 45 heavy (non-hydrogen) atoms. The van der Waals surface area contributed by atoms with Gasteiger partial charge in [0.25, 0.3) is 0 Å². The van der Waals surface area contributed by atoms with Gasteiger partial charge >= 0.3 is 6.09 Å². The molecule has 0 bridgehead atoms. The molecule has 0 saturated carbocycles. The Bertz CT molecular complexity index is 1520. The number of benzene rings is 2. The predicted octanol–water partition coefficient (Wildman–Crippen LogP) is 7.88. The molecule has 1 fully saturated rings. The minimum absolute atomic E-state index is 0.00763. The summed E-state index contributed by atoms with van der Waals surface area (Å²) in [6.45, 7) is 21.2. The quantitative estimate of drug-likeness (QED) is 0.242. The summed E-state index contributed by atoms with van der Waals surface area (Å²) >= 11 is 6.34. The van der Waals surface area contributed by atoms with Crippen LogP contribution in [0.1, 0.15) is 66.0 Å². The molecule has 0 aliphatic carbocycles. The molecule has 1 amide bonds. The van der Waals surface area contributed by atoms with Gasteiger partial charge in [0.2, 0.25) is 11.8 Å². The Morgan fingerprint density at radius 2 is 1.69 bits per heavy atom. The maximum Gasteiger partial charge on any atom is 0.410 e. The summed E-state index contributed by atoms with van der Waals surface area (Å²) in [5.41, 5.74) is 2.45. The van der Waals surface area contributed by atoms with Crippen LogP contribution in [0.3, 0.4) is 0 Å². The lowest BCUT2D eigenvalue weighted by molar-refractivity contribution is 0.0240. The van der Waals surface area contributed by atoms with Crippen LogP contribution in [0.15, 0.2) is 46.9 Å². The first-order chi connectivity index (χ1) is 21.0. The number of aromatic nitrogens is 2. The number of nitriles is 1. The van der Waals surface area contributed by atoms with Gasteiger partial charge in [0.05, 0.1) is 16.7 Å². The molecule has 10 nitrogen and oxygen atoms in total. The molecular weight excluding hydrogens is 608 g/mol. The highest BCUT2D eigenvalue weighted by molar-refractivity contribution is 6.74. The second-order valence-corrected chi connectivity index (χ2v) is 19.1. The number of hydrogen-bond acceptors (Lipinski definition) is 9. The van der Waals surface area contributed by atoms with Crippen LogP contribution in [0.5, 0.6) is 0 Å². The second-order valence-electron chi connectivity index (χ2n) is 14.0. The zero-order chi connectivity index (χ0) is 33.2. The van der Waals surface area contributed by atoms with Gasteiger partial charge in [0.15, 0.2) is 8.32 Å². The molecule has 2 aromatic carbocycles. The number of nitrogens with one attached hydrogen (secondary N) is 1. The molecule has 3 aromatic rings.